The summed E-state index contributed by atoms with van der Waals surface area (Å²) in [4.78, 5) is 12.9. The van der Waals surface area contributed by atoms with Gasteiger partial charge in [-0.1, -0.05) is 11.6 Å². The van der Waals surface area contributed by atoms with Crippen molar-refractivity contribution in [1.29, 1.82) is 0 Å². The molecule has 2 rings (SSSR count). The molecule has 0 aromatic carbocycles. The van der Waals surface area contributed by atoms with Crippen LogP contribution in [0.2, 0.25) is 5.15 Å². The maximum Gasteiger partial charge on any atom is 0.416 e. The lowest BCUT2D eigenvalue weighted by Gasteiger charge is -2.29. The molecule has 74 valence electrons. The largest absolute Gasteiger partial charge is 0.416 e. The molecule has 1 aliphatic heterocycles. The van der Waals surface area contributed by atoms with E-state index >= 15 is 0 Å². The van der Waals surface area contributed by atoms with Crippen LogP contribution in [-0.4, -0.2) is 34.3 Å². The fraction of sp³-hybridized carbons (Fsp3) is 0.375. The molecule has 1 fully saturated rings. The minimum Gasteiger partial charge on any atom is -0.389 e. The summed E-state index contributed by atoms with van der Waals surface area (Å²) < 4.78 is 4.93. The number of ether oxygens (including phenoxy) is 1. The molecule has 1 aromatic rings. The van der Waals surface area contributed by atoms with E-state index in [1.54, 1.807) is 4.90 Å². The maximum atomic E-state index is 11.3. The molecule has 0 saturated carbocycles. The number of carbonyl (C=O) groups excluding carboxylic acids is 1. The van der Waals surface area contributed by atoms with Gasteiger partial charge < -0.3 is 9.64 Å². The van der Waals surface area contributed by atoms with Crippen LogP contribution in [0, 0.1) is 0 Å². The van der Waals surface area contributed by atoms with E-state index in [2.05, 4.69) is 10.2 Å². The number of hydrogen-bond acceptors (Lipinski definition) is 4. The normalized spacial score (nSPS) is 14.8. The molecule has 2 heterocycles. The first-order chi connectivity index (χ1) is 6.75. The highest BCUT2D eigenvalue weighted by atomic mass is 35.5. The Balaban J connectivity index is 1.96. The Morgan fingerprint density at radius 3 is 2.71 bits per heavy atom. The Morgan fingerprint density at radius 2 is 2.21 bits per heavy atom. The quantitative estimate of drug-likeness (QED) is 0.706. The summed E-state index contributed by atoms with van der Waals surface area (Å²) in [6, 6.07) is 3.03. The molecule has 1 saturated heterocycles. The zero-order valence-electron chi connectivity index (χ0n) is 7.31. The summed E-state index contributed by atoms with van der Waals surface area (Å²) in [5, 5.41) is 7.43. The highest BCUT2D eigenvalue weighted by Gasteiger charge is 2.22. The van der Waals surface area contributed by atoms with Crippen molar-refractivity contribution in [3.8, 4) is 5.88 Å². The van der Waals surface area contributed by atoms with Crippen molar-refractivity contribution >= 4 is 17.7 Å². The minimum atomic E-state index is -0.382. The first kappa shape index (κ1) is 9.21. The second kappa shape index (κ2) is 3.79. The number of carbonyl (C=O) groups is 1. The van der Waals surface area contributed by atoms with E-state index in [0.29, 0.717) is 0 Å². The third kappa shape index (κ3) is 1.93. The van der Waals surface area contributed by atoms with Crippen molar-refractivity contribution in [2.75, 3.05) is 13.1 Å². The van der Waals surface area contributed by atoms with Gasteiger partial charge in [-0.3, -0.25) is 0 Å². The highest BCUT2D eigenvalue weighted by Crippen LogP contribution is 2.12. The van der Waals surface area contributed by atoms with Crippen LogP contribution >= 0.6 is 11.6 Å². The zero-order valence-corrected chi connectivity index (χ0v) is 8.07. The average Bonchev–Trinajstić information content (AvgIpc) is 2.06. The van der Waals surface area contributed by atoms with Crippen LogP contribution in [0.15, 0.2) is 12.1 Å². The van der Waals surface area contributed by atoms with Gasteiger partial charge in [0.1, 0.15) is 0 Å². The van der Waals surface area contributed by atoms with Crippen molar-refractivity contribution in [1.82, 2.24) is 15.1 Å². The van der Waals surface area contributed by atoms with Gasteiger partial charge >= 0.3 is 6.09 Å². The first-order valence-electron chi connectivity index (χ1n) is 4.22. The Kier molecular flexibility index (Phi) is 2.49. The van der Waals surface area contributed by atoms with Crippen LogP contribution in [0.3, 0.4) is 0 Å². The zero-order chi connectivity index (χ0) is 9.97. The summed E-state index contributed by atoms with van der Waals surface area (Å²) in [5.41, 5.74) is 0. The molecule has 0 spiro atoms. The van der Waals surface area contributed by atoms with E-state index in [0.717, 1.165) is 19.5 Å². The Bertz CT molecular complexity index is 337. The van der Waals surface area contributed by atoms with E-state index in [1.165, 1.54) is 12.1 Å². The van der Waals surface area contributed by atoms with Gasteiger partial charge in [0, 0.05) is 19.2 Å². The van der Waals surface area contributed by atoms with Crippen molar-refractivity contribution in [3.05, 3.63) is 17.3 Å². The molecule has 14 heavy (non-hydrogen) atoms. The lowest BCUT2D eigenvalue weighted by atomic mass is 10.2. The third-order valence-electron chi connectivity index (χ3n) is 1.91. The molecule has 0 bridgehead atoms. The number of halogens is 1. The Labute approximate surface area is 85.6 Å². The SMILES string of the molecule is O=C(Oc1ccc(Cl)nn1)N1CCC1. The van der Waals surface area contributed by atoms with Gasteiger partial charge in [-0.25, -0.2) is 4.79 Å². The summed E-state index contributed by atoms with van der Waals surface area (Å²) in [6.07, 6.45) is 0.648. The van der Waals surface area contributed by atoms with Crippen LogP contribution in [0.4, 0.5) is 4.79 Å². The monoisotopic (exact) mass is 213 g/mol. The Hall–Kier alpha value is -1.36. The maximum absolute atomic E-state index is 11.3. The molecular formula is C8H8ClN3O2. The molecule has 1 amide bonds. The highest BCUT2D eigenvalue weighted by molar-refractivity contribution is 6.29. The van der Waals surface area contributed by atoms with Gasteiger partial charge in [0.25, 0.3) is 0 Å². The minimum absolute atomic E-state index is 0.173. The predicted octanol–water partition coefficient (Wildman–Crippen LogP) is 1.33. The van der Waals surface area contributed by atoms with Gasteiger partial charge in [-0.05, 0) is 12.5 Å². The summed E-state index contributed by atoms with van der Waals surface area (Å²) in [7, 11) is 0. The van der Waals surface area contributed by atoms with Crippen LogP contribution < -0.4 is 4.74 Å². The van der Waals surface area contributed by atoms with Crippen LogP contribution in [0.1, 0.15) is 6.42 Å². The van der Waals surface area contributed by atoms with E-state index in [1.807, 2.05) is 0 Å². The number of likely N-dealkylation sites (tertiary alicyclic amines) is 1. The topological polar surface area (TPSA) is 55.3 Å². The van der Waals surface area contributed by atoms with Gasteiger partial charge in [0.2, 0.25) is 5.88 Å². The first-order valence-corrected chi connectivity index (χ1v) is 4.59. The standard InChI is InChI=1S/C8H8ClN3O2/c9-6-2-3-7(11-10-6)14-8(13)12-4-1-5-12/h2-3H,1,4-5H2. The second-order valence-corrected chi connectivity index (χ2v) is 3.29. The third-order valence-corrected chi connectivity index (χ3v) is 2.12. The molecule has 0 unspecified atom stereocenters. The van der Waals surface area contributed by atoms with Crippen LogP contribution in [0.5, 0.6) is 5.88 Å². The van der Waals surface area contributed by atoms with Crippen molar-refractivity contribution in [2.45, 2.75) is 6.42 Å². The Morgan fingerprint density at radius 1 is 1.43 bits per heavy atom. The second-order valence-electron chi connectivity index (χ2n) is 2.90. The molecule has 0 aliphatic carbocycles. The molecule has 6 heteroatoms. The van der Waals surface area contributed by atoms with Crippen molar-refractivity contribution in [2.24, 2.45) is 0 Å². The molecule has 0 atom stereocenters. The number of aromatic nitrogens is 2. The fourth-order valence-electron chi connectivity index (χ4n) is 1.01. The molecule has 0 N–H and O–H groups in total. The number of nitrogens with zero attached hydrogens (tertiary/aromatic N) is 3. The van der Waals surface area contributed by atoms with Crippen LogP contribution in [0.25, 0.3) is 0 Å². The van der Waals surface area contributed by atoms with E-state index in [9.17, 15) is 4.79 Å². The molecule has 0 radical (unpaired) electrons. The summed E-state index contributed by atoms with van der Waals surface area (Å²) in [5.74, 6) is 0.173. The summed E-state index contributed by atoms with van der Waals surface area (Å²) >= 11 is 5.52. The van der Waals surface area contributed by atoms with E-state index in [-0.39, 0.29) is 17.1 Å². The number of rotatable bonds is 1. The molecule has 1 aromatic heterocycles. The molecule has 5 nitrogen and oxygen atoms in total. The average molecular weight is 214 g/mol. The fourth-order valence-corrected chi connectivity index (χ4v) is 1.11. The van der Waals surface area contributed by atoms with Crippen LogP contribution in [-0.2, 0) is 0 Å². The number of hydrogen-bond donors (Lipinski definition) is 0. The lowest BCUT2D eigenvalue weighted by molar-refractivity contribution is 0.123. The predicted molar refractivity (Wildman–Crippen MR) is 49.3 cm³/mol. The molecular weight excluding hydrogens is 206 g/mol. The smallest absolute Gasteiger partial charge is 0.389 e. The van der Waals surface area contributed by atoms with Gasteiger partial charge in [0.05, 0.1) is 0 Å². The number of amides is 1. The lowest BCUT2D eigenvalue weighted by Crippen LogP contribution is -2.43. The van der Waals surface area contributed by atoms with Gasteiger partial charge in [0.15, 0.2) is 5.15 Å². The van der Waals surface area contributed by atoms with E-state index < -0.39 is 0 Å². The van der Waals surface area contributed by atoms with E-state index in [4.69, 9.17) is 16.3 Å². The van der Waals surface area contributed by atoms with Gasteiger partial charge in [-0.15, -0.1) is 10.2 Å². The van der Waals surface area contributed by atoms with Crippen molar-refractivity contribution in [3.63, 3.8) is 0 Å². The summed E-state index contributed by atoms with van der Waals surface area (Å²) in [6.45, 7) is 1.50. The molecule has 1 aliphatic rings. The van der Waals surface area contributed by atoms with Crippen molar-refractivity contribution < 1.29 is 9.53 Å². The van der Waals surface area contributed by atoms with Gasteiger partial charge in [-0.2, -0.15) is 0 Å².